The van der Waals surface area contributed by atoms with Crippen LogP contribution in [0.4, 0.5) is 5.69 Å². The highest BCUT2D eigenvalue weighted by molar-refractivity contribution is 5.93. The Morgan fingerprint density at radius 1 is 1.24 bits per heavy atom. The Hall–Kier alpha value is -1.62. The van der Waals surface area contributed by atoms with Crippen LogP contribution in [-0.2, 0) is 0 Å². The van der Waals surface area contributed by atoms with E-state index in [4.69, 9.17) is 0 Å². The van der Waals surface area contributed by atoms with Gasteiger partial charge in [-0.2, -0.15) is 0 Å². The number of unbranched alkanes of at least 4 members (excludes halogenated alkanes) is 1. The number of nitrogens with zero attached hydrogens (tertiary/aromatic N) is 3. The van der Waals surface area contributed by atoms with E-state index < -0.39 is 0 Å². The van der Waals surface area contributed by atoms with Crippen molar-refractivity contribution < 1.29 is 9.90 Å². The molecule has 0 saturated carbocycles. The van der Waals surface area contributed by atoms with Gasteiger partial charge in [0.05, 0.1) is 6.61 Å². The summed E-state index contributed by atoms with van der Waals surface area (Å²) < 4.78 is 0. The Balaban J connectivity index is 2.93. The predicted octanol–water partition coefficient (Wildman–Crippen LogP) is 2.16. The van der Waals surface area contributed by atoms with E-state index in [2.05, 4.69) is 16.8 Å². The van der Waals surface area contributed by atoms with Gasteiger partial charge in [0.1, 0.15) is 5.69 Å². The van der Waals surface area contributed by atoms with Gasteiger partial charge < -0.3 is 14.9 Å². The number of hydrogen-bond acceptors (Lipinski definition) is 4. The van der Waals surface area contributed by atoms with Gasteiger partial charge >= 0.3 is 0 Å². The maximum absolute atomic E-state index is 12.3. The molecule has 0 atom stereocenters. The van der Waals surface area contributed by atoms with Crippen LogP contribution in [0.1, 0.15) is 44.1 Å². The van der Waals surface area contributed by atoms with Crippen LogP contribution < -0.4 is 4.90 Å². The highest BCUT2D eigenvalue weighted by Crippen LogP contribution is 2.16. The van der Waals surface area contributed by atoms with E-state index in [1.807, 2.05) is 26.0 Å². The fraction of sp³-hybridized carbons (Fsp3) is 0.625. The average Bonchev–Trinajstić information content (AvgIpc) is 2.52. The van der Waals surface area contributed by atoms with Gasteiger partial charge in [-0.05, 0) is 32.4 Å². The topological polar surface area (TPSA) is 56.7 Å². The van der Waals surface area contributed by atoms with Crippen molar-refractivity contribution in [3.8, 4) is 0 Å². The molecule has 0 bridgehead atoms. The van der Waals surface area contributed by atoms with E-state index in [9.17, 15) is 9.90 Å². The minimum atomic E-state index is -0.0405. The fourth-order valence-corrected chi connectivity index (χ4v) is 2.25. The molecule has 118 valence electrons. The number of carbonyl (C=O) groups excluding carboxylic acids is 1. The molecule has 1 aromatic heterocycles. The second-order valence-corrected chi connectivity index (χ2v) is 4.94. The van der Waals surface area contributed by atoms with Gasteiger partial charge in [0.25, 0.3) is 5.91 Å². The summed E-state index contributed by atoms with van der Waals surface area (Å²) in [7, 11) is 0. The second kappa shape index (κ2) is 9.34. The fourth-order valence-electron chi connectivity index (χ4n) is 2.25. The molecule has 0 saturated heterocycles. The van der Waals surface area contributed by atoms with Crippen LogP contribution in [0.15, 0.2) is 18.3 Å². The van der Waals surface area contributed by atoms with Gasteiger partial charge in [-0.1, -0.05) is 13.3 Å². The van der Waals surface area contributed by atoms with Crippen LogP contribution >= 0.6 is 0 Å². The number of hydrogen-bond donors (Lipinski definition) is 1. The highest BCUT2D eigenvalue weighted by Gasteiger charge is 2.15. The summed E-state index contributed by atoms with van der Waals surface area (Å²) >= 11 is 0. The number of amides is 1. The number of anilines is 1. The van der Waals surface area contributed by atoms with E-state index in [0.717, 1.165) is 25.1 Å². The van der Waals surface area contributed by atoms with Crippen LogP contribution in [0, 0.1) is 0 Å². The van der Waals surface area contributed by atoms with Gasteiger partial charge in [-0.15, -0.1) is 0 Å². The van der Waals surface area contributed by atoms with Crippen LogP contribution in [0.3, 0.4) is 0 Å². The lowest BCUT2D eigenvalue weighted by Gasteiger charge is -2.24. The van der Waals surface area contributed by atoms with Crippen molar-refractivity contribution in [2.45, 2.75) is 33.6 Å². The first-order valence-electron chi connectivity index (χ1n) is 7.78. The van der Waals surface area contributed by atoms with Crippen molar-refractivity contribution in [2.24, 2.45) is 0 Å². The highest BCUT2D eigenvalue weighted by atomic mass is 16.3. The summed E-state index contributed by atoms with van der Waals surface area (Å²) in [5, 5.41) is 9.21. The molecule has 0 fully saturated rings. The van der Waals surface area contributed by atoms with Crippen LogP contribution in [0.2, 0.25) is 0 Å². The third-order valence-corrected chi connectivity index (χ3v) is 3.53. The largest absolute Gasteiger partial charge is 0.395 e. The van der Waals surface area contributed by atoms with Crippen molar-refractivity contribution in [1.29, 1.82) is 0 Å². The number of pyridine rings is 1. The van der Waals surface area contributed by atoms with E-state index in [0.29, 0.717) is 25.3 Å². The molecule has 1 aromatic rings. The number of aliphatic hydroxyl groups excluding tert-OH is 1. The standard InChI is InChI=1S/C16H27N3O2/c1-4-7-10-19(11-12-20)14-8-9-17-15(13-14)16(21)18(5-2)6-3/h8-9,13,20H,4-7,10-12H2,1-3H3. The monoisotopic (exact) mass is 293 g/mol. The number of rotatable bonds is 9. The summed E-state index contributed by atoms with van der Waals surface area (Å²) in [4.78, 5) is 20.4. The summed E-state index contributed by atoms with van der Waals surface area (Å²) in [5.74, 6) is -0.0405. The molecule has 0 aromatic carbocycles. The molecule has 5 nitrogen and oxygen atoms in total. The molecule has 0 radical (unpaired) electrons. The first kappa shape index (κ1) is 17.4. The van der Waals surface area contributed by atoms with Crippen molar-refractivity contribution in [3.63, 3.8) is 0 Å². The zero-order valence-electron chi connectivity index (χ0n) is 13.4. The minimum Gasteiger partial charge on any atom is -0.395 e. The van der Waals surface area contributed by atoms with E-state index >= 15 is 0 Å². The Kier molecular flexibility index (Phi) is 7.75. The van der Waals surface area contributed by atoms with Gasteiger partial charge in [0.2, 0.25) is 0 Å². The Bertz CT molecular complexity index is 433. The number of carbonyl (C=O) groups is 1. The molecule has 1 rings (SSSR count). The summed E-state index contributed by atoms with van der Waals surface area (Å²) in [6.07, 6.45) is 3.82. The van der Waals surface area contributed by atoms with Crippen molar-refractivity contribution in [3.05, 3.63) is 24.0 Å². The van der Waals surface area contributed by atoms with E-state index in [1.54, 1.807) is 11.1 Å². The number of aliphatic hydroxyl groups is 1. The minimum absolute atomic E-state index is 0.0405. The molecular weight excluding hydrogens is 266 g/mol. The van der Waals surface area contributed by atoms with Crippen LogP contribution in [0.5, 0.6) is 0 Å². The molecule has 0 spiro atoms. The van der Waals surface area contributed by atoms with Crippen molar-refractivity contribution >= 4 is 11.6 Å². The van der Waals surface area contributed by atoms with Gasteiger partial charge in [-0.25, -0.2) is 0 Å². The third kappa shape index (κ3) is 5.01. The Morgan fingerprint density at radius 3 is 2.52 bits per heavy atom. The molecule has 21 heavy (non-hydrogen) atoms. The predicted molar refractivity (Wildman–Crippen MR) is 85.7 cm³/mol. The lowest BCUT2D eigenvalue weighted by molar-refractivity contribution is 0.0767. The summed E-state index contributed by atoms with van der Waals surface area (Å²) in [6, 6.07) is 3.72. The van der Waals surface area contributed by atoms with Gasteiger partial charge in [-0.3, -0.25) is 9.78 Å². The first-order chi connectivity index (χ1) is 10.2. The molecule has 0 unspecified atom stereocenters. The maximum atomic E-state index is 12.3. The molecule has 1 heterocycles. The second-order valence-electron chi connectivity index (χ2n) is 4.94. The van der Waals surface area contributed by atoms with Crippen molar-refractivity contribution in [1.82, 2.24) is 9.88 Å². The molecule has 0 aliphatic carbocycles. The Morgan fingerprint density at radius 2 is 1.95 bits per heavy atom. The van der Waals surface area contributed by atoms with Crippen LogP contribution in [0.25, 0.3) is 0 Å². The third-order valence-electron chi connectivity index (χ3n) is 3.53. The summed E-state index contributed by atoms with van der Waals surface area (Å²) in [6.45, 7) is 8.97. The Labute approximate surface area is 127 Å². The maximum Gasteiger partial charge on any atom is 0.272 e. The molecule has 0 aliphatic heterocycles. The van der Waals surface area contributed by atoms with E-state index in [1.165, 1.54) is 0 Å². The average molecular weight is 293 g/mol. The smallest absolute Gasteiger partial charge is 0.272 e. The van der Waals surface area contributed by atoms with Gasteiger partial charge in [0, 0.05) is 38.1 Å². The van der Waals surface area contributed by atoms with Crippen molar-refractivity contribution in [2.75, 3.05) is 37.7 Å². The molecule has 5 heteroatoms. The lowest BCUT2D eigenvalue weighted by Crippen LogP contribution is -2.32. The van der Waals surface area contributed by atoms with Gasteiger partial charge in [0.15, 0.2) is 0 Å². The lowest BCUT2D eigenvalue weighted by atomic mass is 10.2. The SMILES string of the molecule is CCCCN(CCO)c1ccnc(C(=O)N(CC)CC)c1. The zero-order valence-corrected chi connectivity index (χ0v) is 13.4. The quantitative estimate of drug-likeness (QED) is 0.758. The first-order valence-corrected chi connectivity index (χ1v) is 7.78. The molecule has 1 N–H and O–H groups in total. The molecular formula is C16H27N3O2. The summed E-state index contributed by atoms with van der Waals surface area (Å²) in [5.41, 5.74) is 1.42. The molecule has 1 amide bonds. The van der Waals surface area contributed by atoms with Crippen LogP contribution in [-0.4, -0.2) is 53.7 Å². The molecule has 0 aliphatic rings. The zero-order chi connectivity index (χ0) is 15.7. The normalized spacial score (nSPS) is 10.5. The number of aromatic nitrogens is 1. The van der Waals surface area contributed by atoms with E-state index in [-0.39, 0.29) is 12.5 Å².